The molecule has 0 aromatic heterocycles. The van der Waals surface area contributed by atoms with Crippen molar-refractivity contribution in [3.05, 3.63) is 29.5 Å². The molecule has 0 spiro atoms. The van der Waals surface area contributed by atoms with E-state index in [4.69, 9.17) is 5.11 Å². The van der Waals surface area contributed by atoms with Crippen molar-refractivity contribution in [1.29, 1.82) is 0 Å². The maximum absolute atomic E-state index is 8.93. The van der Waals surface area contributed by atoms with Gasteiger partial charge >= 0.3 is 0 Å². The molecule has 0 radical (unpaired) electrons. The van der Waals surface area contributed by atoms with Gasteiger partial charge in [0.25, 0.3) is 0 Å². The van der Waals surface area contributed by atoms with Crippen LogP contribution in [0.4, 0.5) is 0 Å². The van der Waals surface area contributed by atoms with Crippen LogP contribution in [0.3, 0.4) is 0 Å². The summed E-state index contributed by atoms with van der Waals surface area (Å²) in [6.45, 7) is 1.71. The van der Waals surface area contributed by atoms with E-state index in [1.807, 2.05) is 0 Å². The van der Waals surface area contributed by atoms with Crippen LogP contribution in [-0.4, -0.2) is 11.2 Å². The quantitative estimate of drug-likeness (QED) is 0.512. The van der Waals surface area contributed by atoms with Crippen LogP contribution in [0.5, 0.6) is 0 Å². The second-order valence-corrected chi connectivity index (χ2v) is 3.84. The van der Waals surface area contributed by atoms with E-state index in [0.717, 1.165) is 0 Å². The predicted molar refractivity (Wildman–Crippen MR) is 63.3 cm³/mol. The fourth-order valence-electron chi connectivity index (χ4n) is 1.54. The Kier molecular flexibility index (Phi) is 5.63. The van der Waals surface area contributed by atoms with E-state index < -0.39 is 6.10 Å². The first-order valence-electron chi connectivity index (χ1n) is 5.58. The number of aliphatic hydroxyl groups is 1. The van der Waals surface area contributed by atoms with Crippen molar-refractivity contribution < 1.29 is 5.11 Å². The summed E-state index contributed by atoms with van der Waals surface area (Å²) in [7, 11) is 0. The van der Waals surface area contributed by atoms with Crippen molar-refractivity contribution >= 4 is 0 Å². The minimum absolute atomic E-state index is 0.417. The Hall–Kier alpha value is -1.22. The monoisotopic (exact) mass is 202 g/mol. The van der Waals surface area contributed by atoms with Gasteiger partial charge in [-0.2, -0.15) is 0 Å². The van der Waals surface area contributed by atoms with Crippen LogP contribution in [-0.2, 0) is 0 Å². The molecule has 1 rings (SSSR count). The van der Waals surface area contributed by atoms with Crippen molar-refractivity contribution in [2.24, 2.45) is 0 Å². The third kappa shape index (κ3) is 5.96. The summed E-state index contributed by atoms with van der Waals surface area (Å²) in [6.07, 6.45) is 11.0. The van der Waals surface area contributed by atoms with Crippen LogP contribution >= 0.6 is 0 Å². The zero-order chi connectivity index (χ0) is 10.9. The summed E-state index contributed by atoms with van der Waals surface area (Å²) in [5.74, 6) is 5.72. The Labute approximate surface area is 92.2 Å². The Morgan fingerprint density at radius 3 is 2.60 bits per heavy atom. The van der Waals surface area contributed by atoms with E-state index in [-0.39, 0.29) is 0 Å². The molecule has 15 heavy (non-hydrogen) atoms. The van der Waals surface area contributed by atoms with Gasteiger partial charge in [0.1, 0.15) is 0 Å². The lowest BCUT2D eigenvalue weighted by molar-refractivity contribution is 0.244. The van der Waals surface area contributed by atoms with Crippen LogP contribution in [0.2, 0.25) is 0 Å². The van der Waals surface area contributed by atoms with Crippen molar-refractivity contribution in [3.63, 3.8) is 0 Å². The second kappa shape index (κ2) is 7.12. The maximum atomic E-state index is 8.93. The van der Waals surface area contributed by atoms with Gasteiger partial charge in [-0.15, -0.1) is 5.73 Å². The number of aliphatic hydroxyl groups excluding tert-OH is 1. The van der Waals surface area contributed by atoms with Gasteiger partial charge < -0.3 is 5.11 Å². The zero-order valence-electron chi connectivity index (χ0n) is 9.29. The molecule has 1 aliphatic carbocycles. The molecular formula is C14H18O. The molecule has 1 heteroatoms. The lowest BCUT2D eigenvalue weighted by Gasteiger charge is -2.09. The average molecular weight is 202 g/mol. The van der Waals surface area contributed by atoms with E-state index in [1.54, 1.807) is 25.2 Å². The van der Waals surface area contributed by atoms with Gasteiger partial charge in [0.05, 0.1) is 6.10 Å². The molecule has 1 aliphatic rings. The highest BCUT2D eigenvalue weighted by atomic mass is 16.3. The van der Waals surface area contributed by atoms with Gasteiger partial charge in [-0.1, -0.05) is 18.3 Å². The summed E-state index contributed by atoms with van der Waals surface area (Å²) in [6, 6.07) is 0. The molecule has 1 unspecified atom stereocenters. The molecule has 0 aromatic rings. The summed E-state index contributed by atoms with van der Waals surface area (Å²) in [4.78, 5) is 0. The van der Waals surface area contributed by atoms with Crippen molar-refractivity contribution in [2.75, 3.05) is 0 Å². The van der Waals surface area contributed by atoms with Gasteiger partial charge in [-0.3, -0.25) is 0 Å². The van der Waals surface area contributed by atoms with E-state index in [1.165, 1.54) is 37.7 Å². The van der Waals surface area contributed by atoms with Crippen LogP contribution in [0.1, 0.15) is 39.0 Å². The fraction of sp³-hybridized carbons (Fsp3) is 0.500. The summed E-state index contributed by atoms with van der Waals surface area (Å²) < 4.78 is 0. The Bertz CT molecular complexity index is 322. The number of hydrogen-bond donors (Lipinski definition) is 1. The molecule has 1 fully saturated rings. The number of rotatable bonds is 1. The SMILES string of the molecule is CC(O)/C=C/C#CC=C=C1CCCCC1. The first-order chi connectivity index (χ1) is 7.29. The van der Waals surface area contributed by atoms with E-state index in [2.05, 4.69) is 17.6 Å². The molecule has 0 heterocycles. The Morgan fingerprint density at radius 2 is 1.93 bits per heavy atom. The van der Waals surface area contributed by atoms with E-state index >= 15 is 0 Å². The third-order valence-electron chi connectivity index (χ3n) is 2.35. The number of hydrogen-bond acceptors (Lipinski definition) is 1. The van der Waals surface area contributed by atoms with Crippen molar-refractivity contribution in [1.82, 2.24) is 0 Å². The van der Waals surface area contributed by atoms with Crippen LogP contribution in [0.25, 0.3) is 0 Å². The van der Waals surface area contributed by atoms with Crippen LogP contribution < -0.4 is 0 Å². The Morgan fingerprint density at radius 1 is 1.20 bits per heavy atom. The van der Waals surface area contributed by atoms with Gasteiger partial charge in [0.15, 0.2) is 0 Å². The highest BCUT2D eigenvalue weighted by Crippen LogP contribution is 2.21. The molecule has 0 amide bonds. The van der Waals surface area contributed by atoms with Crippen LogP contribution in [0, 0.1) is 11.8 Å². The molecular weight excluding hydrogens is 184 g/mol. The topological polar surface area (TPSA) is 20.2 Å². The number of allylic oxidation sites excluding steroid dienone is 2. The molecule has 80 valence electrons. The van der Waals surface area contributed by atoms with Crippen LogP contribution in [0.15, 0.2) is 29.5 Å². The molecule has 0 bridgehead atoms. The average Bonchev–Trinajstić information content (AvgIpc) is 2.24. The Balaban J connectivity index is 2.43. The molecule has 0 aliphatic heterocycles. The van der Waals surface area contributed by atoms with Gasteiger partial charge in [0, 0.05) is 6.08 Å². The first kappa shape index (κ1) is 11.9. The molecule has 1 saturated carbocycles. The minimum Gasteiger partial charge on any atom is -0.389 e. The van der Waals surface area contributed by atoms with Crippen molar-refractivity contribution in [3.8, 4) is 11.8 Å². The van der Waals surface area contributed by atoms with E-state index in [9.17, 15) is 0 Å². The maximum Gasteiger partial charge on any atom is 0.0701 e. The van der Waals surface area contributed by atoms with Crippen molar-refractivity contribution in [2.45, 2.75) is 45.1 Å². The third-order valence-corrected chi connectivity index (χ3v) is 2.35. The highest BCUT2D eigenvalue weighted by Gasteiger charge is 2.02. The van der Waals surface area contributed by atoms with E-state index in [0.29, 0.717) is 0 Å². The lowest BCUT2D eigenvalue weighted by atomic mass is 9.96. The smallest absolute Gasteiger partial charge is 0.0701 e. The van der Waals surface area contributed by atoms with Gasteiger partial charge in [-0.25, -0.2) is 0 Å². The predicted octanol–water partition coefficient (Wildman–Crippen LogP) is 2.97. The largest absolute Gasteiger partial charge is 0.389 e. The molecule has 1 atom stereocenters. The lowest BCUT2D eigenvalue weighted by Crippen LogP contribution is -1.91. The second-order valence-electron chi connectivity index (χ2n) is 3.84. The molecule has 0 saturated heterocycles. The normalized spacial score (nSPS) is 17.9. The summed E-state index contributed by atoms with van der Waals surface area (Å²) in [5, 5.41) is 8.93. The van der Waals surface area contributed by atoms with Gasteiger partial charge in [-0.05, 0) is 50.3 Å². The standard InChI is InChI=1S/C14H18O/c1-13(15)9-5-2-3-6-10-14-11-7-4-8-12-14/h5-6,9,13,15H,4,7-8,11-12H2,1H3/b9-5+. The molecule has 1 nitrogen and oxygen atoms in total. The molecule has 1 N–H and O–H groups in total. The molecule has 0 aromatic carbocycles. The minimum atomic E-state index is -0.417. The summed E-state index contributed by atoms with van der Waals surface area (Å²) >= 11 is 0. The summed E-state index contributed by atoms with van der Waals surface area (Å²) in [5.41, 5.74) is 4.63. The fourth-order valence-corrected chi connectivity index (χ4v) is 1.54. The first-order valence-corrected chi connectivity index (χ1v) is 5.58. The zero-order valence-corrected chi connectivity index (χ0v) is 9.29. The van der Waals surface area contributed by atoms with Gasteiger partial charge in [0.2, 0.25) is 0 Å². The highest BCUT2D eigenvalue weighted by molar-refractivity contribution is 5.24.